The summed E-state index contributed by atoms with van der Waals surface area (Å²) in [5, 5.41) is 0. The molecule has 2 aromatic rings. The van der Waals surface area contributed by atoms with Gasteiger partial charge >= 0.3 is 0 Å². The number of hydrogen-bond donors (Lipinski definition) is 1. The zero-order valence-electron chi connectivity index (χ0n) is 12.0. The molecule has 0 aromatic heterocycles. The maximum atomic E-state index is 6.24. The van der Waals surface area contributed by atoms with E-state index in [2.05, 4.69) is 31.2 Å². The van der Waals surface area contributed by atoms with Gasteiger partial charge in [-0.15, -0.1) is 11.8 Å². The van der Waals surface area contributed by atoms with E-state index in [-0.39, 0.29) is 6.04 Å². The van der Waals surface area contributed by atoms with Gasteiger partial charge in [-0.1, -0.05) is 29.8 Å². The quantitative estimate of drug-likeness (QED) is 0.809. The molecule has 2 aromatic carbocycles. The van der Waals surface area contributed by atoms with Crippen LogP contribution in [0.15, 0.2) is 53.4 Å². The number of aryl methyl sites for hydroxylation is 1. The average molecular weight is 287 g/mol. The summed E-state index contributed by atoms with van der Waals surface area (Å²) in [6.07, 6.45) is 0. The van der Waals surface area contributed by atoms with Crippen LogP contribution < -0.4 is 10.5 Å². The van der Waals surface area contributed by atoms with E-state index in [0.717, 1.165) is 17.1 Å². The van der Waals surface area contributed by atoms with Crippen LogP contribution in [0, 0.1) is 6.92 Å². The highest BCUT2D eigenvalue weighted by atomic mass is 32.2. The molecular formula is C17H21NOS. The zero-order chi connectivity index (χ0) is 14.4. The molecular weight excluding hydrogens is 266 g/mol. The summed E-state index contributed by atoms with van der Waals surface area (Å²) in [5.41, 5.74) is 8.67. The van der Waals surface area contributed by atoms with E-state index >= 15 is 0 Å². The average Bonchev–Trinajstić information content (AvgIpc) is 2.46. The summed E-state index contributed by atoms with van der Waals surface area (Å²) < 4.78 is 5.44. The van der Waals surface area contributed by atoms with Crippen LogP contribution in [0.1, 0.15) is 24.1 Å². The molecule has 0 aliphatic heterocycles. The molecule has 2 N–H and O–H groups in total. The lowest BCUT2D eigenvalue weighted by atomic mass is 10.1. The van der Waals surface area contributed by atoms with Gasteiger partial charge < -0.3 is 10.5 Å². The summed E-state index contributed by atoms with van der Waals surface area (Å²) in [5.74, 6) is 1.77. The van der Waals surface area contributed by atoms with Crippen LogP contribution in [0.2, 0.25) is 0 Å². The summed E-state index contributed by atoms with van der Waals surface area (Å²) in [7, 11) is 0. The summed E-state index contributed by atoms with van der Waals surface area (Å²) >= 11 is 1.80. The van der Waals surface area contributed by atoms with Crippen molar-refractivity contribution in [2.75, 3.05) is 12.4 Å². The maximum Gasteiger partial charge on any atom is 0.119 e. The first kappa shape index (κ1) is 14.9. The minimum atomic E-state index is 0.0381. The van der Waals surface area contributed by atoms with Crippen molar-refractivity contribution < 1.29 is 4.74 Å². The lowest BCUT2D eigenvalue weighted by Crippen LogP contribution is -2.12. The molecule has 0 aliphatic rings. The second kappa shape index (κ2) is 7.36. The molecule has 2 nitrogen and oxygen atoms in total. The van der Waals surface area contributed by atoms with Crippen LogP contribution in [0.5, 0.6) is 5.75 Å². The van der Waals surface area contributed by atoms with Crippen LogP contribution >= 0.6 is 11.8 Å². The van der Waals surface area contributed by atoms with Crippen molar-refractivity contribution in [2.24, 2.45) is 5.73 Å². The topological polar surface area (TPSA) is 35.2 Å². The standard InChI is InChI=1S/C17H21NOS/c1-3-19-15-9-7-14(8-10-15)17(18)12-20-16-6-4-5-13(2)11-16/h4-11,17H,3,12,18H2,1-2H3. The molecule has 0 saturated heterocycles. The Balaban J connectivity index is 1.92. The molecule has 2 rings (SSSR count). The Morgan fingerprint density at radius 1 is 1.15 bits per heavy atom. The Morgan fingerprint density at radius 2 is 1.90 bits per heavy atom. The Morgan fingerprint density at radius 3 is 2.55 bits per heavy atom. The normalized spacial score (nSPS) is 12.2. The first-order chi connectivity index (χ1) is 9.69. The molecule has 3 heteroatoms. The molecule has 1 unspecified atom stereocenters. The number of hydrogen-bond acceptors (Lipinski definition) is 3. The Hall–Kier alpha value is -1.45. The van der Waals surface area contributed by atoms with Crippen LogP contribution in [0.3, 0.4) is 0 Å². The first-order valence-electron chi connectivity index (χ1n) is 6.87. The van der Waals surface area contributed by atoms with E-state index in [1.807, 2.05) is 31.2 Å². The van der Waals surface area contributed by atoms with Gasteiger partial charge in [0.15, 0.2) is 0 Å². The van der Waals surface area contributed by atoms with Gasteiger partial charge in [0, 0.05) is 16.7 Å². The molecule has 0 amide bonds. The fourth-order valence-corrected chi connectivity index (χ4v) is 2.97. The number of rotatable bonds is 6. The van der Waals surface area contributed by atoms with Crippen LogP contribution in [-0.4, -0.2) is 12.4 Å². The molecule has 0 bridgehead atoms. The molecule has 0 fully saturated rings. The van der Waals surface area contributed by atoms with Crippen molar-refractivity contribution in [3.8, 4) is 5.75 Å². The van der Waals surface area contributed by atoms with Crippen LogP contribution in [0.25, 0.3) is 0 Å². The fourth-order valence-electron chi connectivity index (χ4n) is 1.97. The second-order valence-corrected chi connectivity index (χ2v) is 5.83. The van der Waals surface area contributed by atoms with Gasteiger partial charge in [-0.05, 0) is 43.7 Å². The molecule has 1 atom stereocenters. The number of thioether (sulfide) groups is 1. The molecule has 0 heterocycles. The van der Waals surface area contributed by atoms with E-state index < -0.39 is 0 Å². The molecule has 0 spiro atoms. The highest BCUT2D eigenvalue weighted by Crippen LogP contribution is 2.25. The predicted octanol–water partition coefficient (Wildman–Crippen LogP) is 4.19. The van der Waals surface area contributed by atoms with Crippen molar-refractivity contribution in [2.45, 2.75) is 24.8 Å². The predicted molar refractivity (Wildman–Crippen MR) is 86.4 cm³/mol. The van der Waals surface area contributed by atoms with Crippen LogP contribution in [0.4, 0.5) is 0 Å². The first-order valence-corrected chi connectivity index (χ1v) is 7.85. The maximum absolute atomic E-state index is 6.24. The Bertz CT molecular complexity index is 539. The van der Waals surface area contributed by atoms with Crippen molar-refractivity contribution in [1.29, 1.82) is 0 Å². The minimum absolute atomic E-state index is 0.0381. The fraction of sp³-hybridized carbons (Fsp3) is 0.294. The third kappa shape index (κ3) is 4.29. The number of ether oxygens (including phenoxy) is 1. The van der Waals surface area contributed by atoms with E-state index in [1.54, 1.807) is 11.8 Å². The molecule has 106 valence electrons. The molecule has 0 radical (unpaired) electrons. The minimum Gasteiger partial charge on any atom is -0.494 e. The van der Waals surface area contributed by atoms with Crippen LogP contribution in [-0.2, 0) is 0 Å². The van der Waals surface area contributed by atoms with E-state index in [9.17, 15) is 0 Å². The van der Waals surface area contributed by atoms with Gasteiger partial charge in [0.05, 0.1) is 6.61 Å². The highest BCUT2D eigenvalue weighted by molar-refractivity contribution is 7.99. The molecule has 0 saturated carbocycles. The van der Waals surface area contributed by atoms with Crippen molar-refractivity contribution >= 4 is 11.8 Å². The van der Waals surface area contributed by atoms with Crippen molar-refractivity contribution in [3.05, 3.63) is 59.7 Å². The lowest BCUT2D eigenvalue weighted by Gasteiger charge is -2.13. The largest absolute Gasteiger partial charge is 0.494 e. The number of benzene rings is 2. The zero-order valence-corrected chi connectivity index (χ0v) is 12.8. The van der Waals surface area contributed by atoms with Gasteiger partial charge in [0.25, 0.3) is 0 Å². The van der Waals surface area contributed by atoms with E-state index in [1.165, 1.54) is 10.5 Å². The third-order valence-electron chi connectivity index (χ3n) is 3.04. The number of nitrogens with two attached hydrogens (primary N) is 1. The van der Waals surface area contributed by atoms with Crippen molar-refractivity contribution in [1.82, 2.24) is 0 Å². The van der Waals surface area contributed by atoms with Crippen molar-refractivity contribution in [3.63, 3.8) is 0 Å². The Kier molecular flexibility index (Phi) is 5.50. The lowest BCUT2D eigenvalue weighted by molar-refractivity contribution is 0.340. The highest BCUT2D eigenvalue weighted by Gasteiger charge is 2.07. The van der Waals surface area contributed by atoms with Gasteiger partial charge in [0.1, 0.15) is 5.75 Å². The third-order valence-corrected chi connectivity index (χ3v) is 4.15. The second-order valence-electron chi connectivity index (χ2n) is 4.74. The van der Waals surface area contributed by atoms with Gasteiger partial charge in [-0.2, -0.15) is 0 Å². The molecule has 20 heavy (non-hydrogen) atoms. The summed E-state index contributed by atoms with van der Waals surface area (Å²) in [4.78, 5) is 1.27. The molecule has 0 aliphatic carbocycles. The summed E-state index contributed by atoms with van der Waals surface area (Å²) in [6, 6.07) is 16.6. The SMILES string of the molecule is CCOc1ccc(C(N)CSc2cccc(C)c2)cc1. The van der Waals surface area contributed by atoms with Gasteiger partial charge in [0.2, 0.25) is 0 Å². The van der Waals surface area contributed by atoms with E-state index in [0.29, 0.717) is 6.61 Å². The van der Waals surface area contributed by atoms with Gasteiger partial charge in [-0.3, -0.25) is 0 Å². The smallest absolute Gasteiger partial charge is 0.119 e. The summed E-state index contributed by atoms with van der Waals surface area (Å²) in [6.45, 7) is 4.78. The monoisotopic (exact) mass is 287 g/mol. The van der Waals surface area contributed by atoms with Gasteiger partial charge in [-0.25, -0.2) is 0 Å². The van der Waals surface area contributed by atoms with E-state index in [4.69, 9.17) is 10.5 Å². The Labute approximate surface area is 125 Å².